The zero-order chi connectivity index (χ0) is 21.8. The van der Waals surface area contributed by atoms with Crippen LogP contribution in [-0.2, 0) is 16.0 Å². The molecule has 8 heteroatoms. The van der Waals surface area contributed by atoms with Gasteiger partial charge in [-0.25, -0.2) is 9.38 Å². The summed E-state index contributed by atoms with van der Waals surface area (Å²) in [6, 6.07) is 13.6. The van der Waals surface area contributed by atoms with Crippen molar-refractivity contribution in [1.29, 1.82) is 0 Å². The molecule has 162 valence electrons. The fraction of sp³-hybridized carbons (Fsp3) is 0.348. The van der Waals surface area contributed by atoms with Gasteiger partial charge in [0.1, 0.15) is 11.9 Å². The average Bonchev–Trinajstić information content (AvgIpc) is 2.79. The quantitative estimate of drug-likeness (QED) is 0.792. The van der Waals surface area contributed by atoms with E-state index in [4.69, 9.17) is 0 Å². The summed E-state index contributed by atoms with van der Waals surface area (Å²) < 4.78 is 14.1. The third-order valence-corrected chi connectivity index (χ3v) is 5.61. The number of para-hydroxylation sites is 1. The van der Waals surface area contributed by atoms with Gasteiger partial charge in [0.2, 0.25) is 17.8 Å². The highest BCUT2D eigenvalue weighted by atomic mass is 19.1. The highest BCUT2D eigenvalue weighted by molar-refractivity contribution is 6.06. The lowest BCUT2D eigenvalue weighted by molar-refractivity contribution is -0.125. The SMILES string of the molecule is CCc1ccc(NC(=O)C2CC(=O)NC(N3CCN(c4ccccc4F)CC3)=N2)cc1. The number of anilines is 2. The number of aryl methyl sites for hydroxylation is 1. The predicted octanol–water partition coefficient (Wildman–Crippen LogP) is 2.39. The number of guanidine groups is 1. The van der Waals surface area contributed by atoms with E-state index in [-0.39, 0.29) is 24.1 Å². The van der Waals surface area contributed by atoms with Crippen molar-refractivity contribution in [2.24, 2.45) is 4.99 Å². The zero-order valence-electron chi connectivity index (χ0n) is 17.5. The molecular weight excluding hydrogens is 397 g/mol. The van der Waals surface area contributed by atoms with Crippen LogP contribution in [-0.4, -0.2) is 54.9 Å². The minimum atomic E-state index is -0.779. The molecule has 2 aliphatic rings. The van der Waals surface area contributed by atoms with Crippen molar-refractivity contribution in [2.75, 3.05) is 36.4 Å². The first-order chi connectivity index (χ1) is 15.0. The van der Waals surface area contributed by atoms with Gasteiger partial charge in [-0.15, -0.1) is 0 Å². The van der Waals surface area contributed by atoms with E-state index in [1.54, 1.807) is 12.1 Å². The van der Waals surface area contributed by atoms with Gasteiger partial charge in [0.15, 0.2) is 0 Å². The standard InChI is InChI=1S/C23H26FN5O2/c1-2-16-7-9-17(10-8-16)25-22(31)19-15-21(30)27-23(26-19)29-13-11-28(12-14-29)20-6-4-3-5-18(20)24/h3-10,19H,2,11-15H2,1H3,(H,25,31)(H,26,27,30). The summed E-state index contributed by atoms with van der Waals surface area (Å²) in [7, 11) is 0. The number of hydrogen-bond donors (Lipinski definition) is 2. The van der Waals surface area contributed by atoms with Crippen molar-refractivity contribution >= 4 is 29.1 Å². The van der Waals surface area contributed by atoms with Gasteiger partial charge in [0.25, 0.3) is 0 Å². The number of nitrogens with one attached hydrogen (secondary N) is 2. The molecule has 0 radical (unpaired) electrons. The summed E-state index contributed by atoms with van der Waals surface area (Å²) in [4.78, 5) is 33.4. The van der Waals surface area contributed by atoms with E-state index in [0.29, 0.717) is 43.5 Å². The largest absolute Gasteiger partial charge is 0.366 e. The molecule has 0 saturated carbocycles. The highest BCUT2D eigenvalue weighted by Crippen LogP contribution is 2.21. The van der Waals surface area contributed by atoms with Crippen LogP contribution < -0.4 is 15.5 Å². The second-order valence-electron chi connectivity index (χ2n) is 7.69. The van der Waals surface area contributed by atoms with E-state index in [2.05, 4.69) is 22.5 Å². The fourth-order valence-corrected chi connectivity index (χ4v) is 3.81. The van der Waals surface area contributed by atoms with Crippen LogP contribution in [0, 0.1) is 5.82 Å². The molecule has 2 amide bonds. The molecule has 2 aromatic rings. The Morgan fingerprint density at radius 1 is 1.10 bits per heavy atom. The van der Waals surface area contributed by atoms with Crippen LogP contribution in [0.15, 0.2) is 53.5 Å². The Bertz CT molecular complexity index is 984. The molecule has 1 fully saturated rings. The molecule has 1 atom stereocenters. The van der Waals surface area contributed by atoms with E-state index in [1.807, 2.05) is 40.1 Å². The Morgan fingerprint density at radius 3 is 2.45 bits per heavy atom. The number of nitrogens with zero attached hydrogens (tertiary/aromatic N) is 3. The second kappa shape index (κ2) is 9.16. The number of carbonyl (C=O) groups excluding carboxylic acids is 2. The van der Waals surface area contributed by atoms with Crippen LogP contribution >= 0.6 is 0 Å². The van der Waals surface area contributed by atoms with E-state index < -0.39 is 6.04 Å². The number of hydrogen-bond acceptors (Lipinski definition) is 5. The molecule has 1 saturated heterocycles. The number of aliphatic imine (C=N–C) groups is 1. The number of benzene rings is 2. The third kappa shape index (κ3) is 4.84. The molecule has 2 aromatic carbocycles. The van der Waals surface area contributed by atoms with Crippen molar-refractivity contribution in [2.45, 2.75) is 25.8 Å². The molecule has 1 unspecified atom stereocenters. The first-order valence-electron chi connectivity index (χ1n) is 10.6. The molecule has 7 nitrogen and oxygen atoms in total. The monoisotopic (exact) mass is 423 g/mol. The molecule has 0 aromatic heterocycles. The van der Waals surface area contributed by atoms with Crippen LogP contribution in [0.3, 0.4) is 0 Å². The zero-order valence-corrected chi connectivity index (χ0v) is 17.5. The lowest BCUT2D eigenvalue weighted by atomic mass is 10.1. The lowest BCUT2D eigenvalue weighted by Crippen LogP contribution is -2.56. The number of carbonyl (C=O) groups is 2. The van der Waals surface area contributed by atoms with Crippen molar-refractivity contribution in [3.63, 3.8) is 0 Å². The van der Waals surface area contributed by atoms with Crippen LogP contribution in [0.4, 0.5) is 15.8 Å². The lowest BCUT2D eigenvalue weighted by Gasteiger charge is -2.38. The normalized spacial score (nSPS) is 19.0. The van der Waals surface area contributed by atoms with Gasteiger partial charge in [-0.1, -0.05) is 31.2 Å². The van der Waals surface area contributed by atoms with E-state index in [9.17, 15) is 14.0 Å². The summed E-state index contributed by atoms with van der Waals surface area (Å²) in [5.41, 5.74) is 2.44. The van der Waals surface area contributed by atoms with Crippen molar-refractivity contribution < 1.29 is 14.0 Å². The van der Waals surface area contributed by atoms with E-state index >= 15 is 0 Å². The van der Waals surface area contributed by atoms with Crippen molar-refractivity contribution in [3.8, 4) is 0 Å². The number of amides is 2. The maximum Gasteiger partial charge on any atom is 0.249 e. The molecule has 2 aliphatic heterocycles. The molecule has 0 spiro atoms. The first-order valence-corrected chi connectivity index (χ1v) is 10.6. The van der Waals surface area contributed by atoms with E-state index in [1.165, 1.54) is 11.6 Å². The van der Waals surface area contributed by atoms with Crippen LogP contribution in [0.2, 0.25) is 0 Å². The summed E-state index contributed by atoms with van der Waals surface area (Å²) in [6.45, 7) is 4.40. The van der Waals surface area contributed by atoms with Crippen molar-refractivity contribution in [3.05, 3.63) is 59.9 Å². The van der Waals surface area contributed by atoms with Gasteiger partial charge in [-0.2, -0.15) is 0 Å². The van der Waals surface area contributed by atoms with Crippen LogP contribution in [0.5, 0.6) is 0 Å². The summed E-state index contributed by atoms with van der Waals surface area (Å²) >= 11 is 0. The van der Waals surface area contributed by atoms with Gasteiger partial charge in [-0.05, 0) is 36.2 Å². The van der Waals surface area contributed by atoms with Crippen LogP contribution in [0.1, 0.15) is 18.9 Å². The Labute approximate surface area is 180 Å². The summed E-state index contributed by atoms with van der Waals surface area (Å²) in [6.07, 6.45) is 0.937. The number of piperazine rings is 1. The predicted molar refractivity (Wildman–Crippen MR) is 119 cm³/mol. The molecule has 2 N–H and O–H groups in total. The van der Waals surface area contributed by atoms with E-state index in [0.717, 1.165) is 6.42 Å². The molecule has 2 heterocycles. The highest BCUT2D eigenvalue weighted by Gasteiger charge is 2.31. The smallest absolute Gasteiger partial charge is 0.249 e. The molecule has 4 rings (SSSR count). The van der Waals surface area contributed by atoms with Gasteiger partial charge in [0, 0.05) is 31.9 Å². The van der Waals surface area contributed by atoms with Gasteiger partial charge in [-0.3, -0.25) is 14.9 Å². The molecular formula is C23H26FN5O2. The Hall–Kier alpha value is -3.42. The maximum absolute atomic E-state index is 14.1. The van der Waals surface area contributed by atoms with Crippen LogP contribution in [0.25, 0.3) is 0 Å². The topological polar surface area (TPSA) is 77.0 Å². The second-order valence-corrected chi connectivity index (χ2v) is 7.69. The number of rotatable bonds is 4. The van der Waals surface area contributed by atoms with Crippen molar-refractivity contribution in [1.82, 2.24) is 10.2 Å². The Morgan fingerprint density at radius 2 is 1.77 bits per heavy atom. The summed E-state index contributed by atoms with van der Waals surface area (Å²) in [5, 5.41) is 5.63. The third-order valence-electron chi connectivity index (χ3n) is 5.61. The van der Waals surface area contributed by atoms with Gasteiger partial charge in [0.05, 0.1) is 12.1 Å². The maximum atomic E-state index is 14.1. The average molecular weight is 423 g/mol. The summed E-state index contributed by atoms with van der Waals surface area (Å²) in [5.74, 6) is -0.376. The minimum absolute atomic E-state index is 0.0115. The molecule has 31 heavy (non-hydrogen) atoms. The Balaban J connectivity index is 1.40. The fourth-order valence-electron chi connectivity index (χ4n) is 3.81. The van der Waals surface area contributed by atoms with Gasteiger partial charge < -0.3 is 15.1 Å². The molecule has 0 bridgehead atoms. The Kier molecular flexibility index (Phi) is 6.16. The minimum Gasteiger partial charge on any atom is -0.366 e. The first kappa shape index (κ1) is 20.8. The molecule has 0 aliphatic carbocycles. The van der Waals surface area contributed by atoms with Gasteiger partial charge >= 0.3 is 0 Å². The number of halogens is 1.